The fourth-order valence-electron chi connectivity index (χ4n) is 1.05. The van der Waals surface area contributed by atoms with E-state index in [0.717, 1.165) is 6.07 Å². The summed E-state index contributed by atoms with van der Waals surface area (Å²) < 4.78 is 38.8. The number of nitrogens with zero attached hydrogens (tertiary/aromatic N) is 1. The van der Waals surface area contributed by atoms with Gasteiger partial charge in [-0.25, -0.2) is 19.7 Å². The SMILES string of the molecule is [C-]#[N+]CC(=O)NCc1c(F)ccc(F)c1F. The predicted octanol–water partition coefficient (Wildman–Crippen LogP) is 1.64. The summed E-state index contributed by atoms with van der Waals surface area (Å²) in [6, 6.07) is 1.43. The largest absolute Gasteiger partial charge is 0.345 e. The van der Waals surface area contributed by atoms with E-state index in [1.54, 1.807) is 0 Å². The van der Waals surface area contributed by atoms with Crippen molar-refractivity contribution in [3.63, 3.8) is 0 Å². The summed E-state index contributed by atoms with van der Waals surface area (Å²) in [7, 11) is 0. The molecular formula is C10H7F3N2O. The summed E-state index contributed by atoms with van der Waals surface area (Å²) in [6.45, 7) is 5.48. The van der Waals surface area contributed by atoms with Crippen LogP contribution in [0.15, 0.2) is 12.1 Å². The topological polar surface area (TPSA) is 33.5 Å². The van der Waals surface area contributed by atoms with E-state index in [1.807, 2.05) is 0 Å². The number of nitrogens with one attached hydrogen (secondary N) is 1. The minimum absolute atomic E-state index is 0.432. The first kappa shape index (κ1) is 12.0. The van der Waals surface area contributed by atoms with Gasteiger partial charge in [0.05, 0.1) is 0 Å². The summed E-state index contributed by atoms with van der Waals surface area (Å²) in [4.78, 5) is 13.6. The molecule has 0 atom stereocenters. The highest BCUT2D eigenvalue weighted by atomic mass is 19.2. The maximum atomic E-state index is 13.1. The highest BCUT2D eigenvalue weighted by Crippen LogP contribution is 2.15. The quantitative estimate of drug-likeness (QED) is 0.619. The van der Waals surface area contributed by atoms with Crippen LogP contribution in [-0.2, 0) is 11.3 Å². The Morgan fingerprint density at radius 2 is 1.94 bits per heavy atom. The molecule has 6 heteroatoms. The Morgan fingerprint density at radius 1 is 1.31 bits per heavy atom. The van der Waals surface area contributed by atoms with Crippen LogP contribution in [0.25, 0.3) is 4.85 Å². The standard InChI is InChI=1S/C10H7F3N2O/c1-14-5-9(16)15-4-6-7(11)2-3-8(12)10(6)13/h2-3H,4-5H2,(H,15,16). The lowest BCUT2D eigenvalue weighted by atomic mass is 10.2. The molecule has 0 aliphatic heterocycles. The van der Waals surface area contributed by atoms with Crippen LogP contribution >= 0.6 is 0 Å². The lowest BCUT2D eigenvalue weighted by molar-refractivity contribution is -0.119. The molecule has 0 fully saturated rings. The van der Waals surface area contributed by atoms with Crippen LogP contribution < -0.4 is 5.32 Å². The van der Waals surface area contributed by atoms with Crippen molar-refractivity contribution >= 4 is 5.91 Å². The average molecular weight is 228 g/mol. The smallest absolute Gasteiger partial charge is 0.300 e. The number of hydrogen-bond acceptors (Lipinski definition) is 1. The molecule has 0 heterocycles. The molecule has 0 unspecified atom stereocenters. The third-order valence-corrected chi connectivity index (χ3v) is 1.82. The van der Waals surface area contributed by atoms with E-state index in [2.05, 4.69) is 10.2 Å². The lowest BCUT2D eigenvalue weighted by Crippen LogP contribution is -2.25. The summed E-state index contributed by atoms with van der Waals surface area (Å²) in [6.07, 6.45) is 0. The Kier molecular flexibility index (Phi) is 3.89. The van der Waals surface area contributed by atoms with Gasteiger partial charge in [0.1, 0.15) is 5.82 Å². The Morgan fingerprint density at radius 3 is 2.56 bits per heavy atom. The van der Waals surface area contributed by atoms with E-state index in [0.29, 0.717) is 6.07 Å². The Balaban J connectivity index is 2.78. The molecule has 3 nitrogen and oxygen atoms in total. The van der Waals surface area contributed by atoms with Gasteiger partial charge in [-0.15, -0.1) is 0 Å². The molecule has 1 aromatic carbocycles. The van der Waals surface area contributed by atoms with Crippen molar-refractivity contribution in [1.82, 2.24) is 5.32 Å². The number of amides is 1. The fourth-order valence-corrected chi connectivity index (χ4v) is 1.05. The van der Waals surface area contributed by atoms with E-state index in [4.69, 9.17) is 6.57 Å². The molecule has 0 bridgehead atoms. The molecule has 0 spiro atoms. The molecule has 1 N–H and O–H groups in total. The number of rotatable bonds is 3. The molecule has 0 saturated heterocycles. The van der Waals surface area contributed by atoms with E-state index in [-0.39, 0.29) is 0 Å². The van der Waals surface area contributed by atoms with Crippen molar-refractivity contribution in [2.24, 2.45) is 0 Å². The van der Waals surface area contributed by atoms with E-state index >= 15 is 0 Å². The van der Waals surface area contributed by atoms with Gasteiger partial charge in [-0.3, -0.25) is 4.79 Å². The van der Waals surface area contributed by atoms with Crippen LogP contribution in [0.3, 0.4) is 0 Å². The number of carbonyl (C=O) groups is 1. The van der Waals surface area contributed by atoms with Crippen molar-refractivity contribution in [3.8, 4) is 0 Å². The number of carbonyl (C=O) groups excluding carboxylic acids is 1. The molecule has 1 aromatic rings. The molecule has 0 saturated carbocycles. The van der Waals surface area contributed by atoms with Gasteiger partial charge in [-0.05, 0) is 12.1 Å². The first-order chi connectivity index (χ1) is 7.56. The van der Waals surface area contributed by atoms with Crippen molar-refractivity contribution < 1.29 is 18.0 Å². The number of benzene rings is 1. The van der Waals surface area contributed by atoms with Crippen LogP contribution in [-0.4, -0.2) is 12.5 Å². The zero-order valence-electron chi connectivity index (χ0n) is 8.06. The zero-order valence-corrected chi connectivity index (χ0v) is 8.06. The molecule has 0 aliphatic rings. The maximum Gasteiger partial charge on any atom is 0.300 e. The molecule has 0 radical (unpaired) electrons. The predicted molar refractivity (Wildman–Crippen MR) is 49.6 cm³/mol. The monoisotopic (exact) mass is 228 g/mol. The molecule has 16 heavy (non-hydrogen) atoms. The van der Waals surface area contributed by atoms with E-state index < -0.39 is 42.0 Å². The average Bonchev–Trinajstić information content (AvgIpc) is 2.24. The lowest BCUT2D eigenvalue weighted by Gasteiger charge is -2.05. The van der Waals surface area contributed by atoms with E-state index in [9.17, 15) is 18.0 Å². The second-order valence-electron chi connectivity index (χ2n) is 2.91. The van der Waals surface area contributed by atoms with Crippen molar-refractivity contribution in [2.75, 3.05) is 6.54 Å². The van der Waals surface area contributed by atoms with Crippen LogP contribution in [0.4, 0.5) is 13.2 Å². The number of halogens is 3. The molecule has 84 valence electrons. The molecule has 0 aliphatic carbocycles. The summed E-state index contributed by atoms with van der Waals surface area (Å²) in [5.41, 5.74) is -0.557. The maximum absolute atomic E-state index is 13.1. The van der Waals surface area contributed by atoms with Crippen molar-refractivity contribution in [1.29, 1.82) is 0 Å². The summed E-state index contributed by atoms with van der Waals surface area (Å²) >= 11 is 0. The minimum atomic E-state index is -1.33. The Bertz CT molecular complexity index is 454. The zero-order chi connectivity index (χ0) is 12.1. The first-order valence-corrected chi connectivity index (χ1v) is 4.28. The summed E-state index contributed by atoms with van der Waals surface area (Å²) in [5, 5.41) is 2.11. The Hall–Kier alpha value is -2.03. The van der Waals surface area contributed by atoms with Crippen LogP contribution in [0, 0.1) is 24.0 Å². The van der Waals surface area contributed by atoms with Gasteiger partial charge in [0.25, 0.3) is 12.5 Å². The minimum Gasteiger partial charge on any atom is -0.345 e. The highest BCUT2D eigenvalue weighted by Gasteiger charge is 2.14. The third-order valence-electron chi connectivity index (χ3n) is 1.82. The molecule has 1 rings (SSSR count). The van der Waals surface area contributed by atoms with Gasteiger partial charge >= 0.3 is 0 Å². The normalized spacial score (nSPS) is 9.62. The van der Waals surface area contributed by atoms with Crippen LogP contribution in [0.2, 0.25) is 0 Å². The summed E-state index contributed by atoms with van der Waals surface area (Å²) in [5.74, 6) is -4.13. The van der Waals surface area contributed by atoms with Gasteiger partial charge in [0, 0.05) is 12.1 Å². The second kappa shape index (κ2) is 5.16. The molecule has 1 amide bonds. The van der Waals surface area contributed by atoms with Crippen molar-refractivity contribution in [2.45, 2.75) is 6.54 Å². The van der Waals surface area contributed by atoms with Crippen LogP contribution in [0.5, 0.6) is 0 Å². The van der Waals surface area contributed by atoms with Gasteiger partial charge in [0.15, 0.2) is 11.6 Å². The number of hydrogen-bond donors (Lipinski definition) is 1. The molecule has 0 aromatic heterocycles. The Labute approximate surface area is 89.7 Å². The van der Waals surface area contributed by atoms with Crippen molar-refractivity contribution in [3.05, 3.63) is 46.6 Å². The van der Waals surface area contributed by atoms with E-state index in [1.165, 1.54) is 0 Å². The van der Waals surface area contributed by atoms with Crippen LogP contribution in [0.1, 0.15) is 5.56 Å². The molecular weight excluding hydrogens is 221 g/mol. The third kappa shape index (κ3) is 2.73. The van der Waals surface area contributed by atoms with Gasteiger partial charge in [-0.2, -0.15) is 0 Å². The first-order valence-electron chi connectivity index (χ1n) is 4.28. The van der Waals surface area contributed by atoms with Gasteiger partial charge < -0.3 is 10.2 Å². The second-order valence-corrected chi connectivity index (χ2v) is 2.91. The van der Waals surface area contributed by atoms with Gasteiger partial charge in [0.2, 0.25) is 0 Å². The highest BCUT2D eigenvalue weighted by molar-refractivity contribution is 5.79. The fraction of sp³-hybridized carbons (Fsp3) is 0.200. The van der Waals surface area contributed by atoms with Gasteiger partial charge in [-0.1, -0.05) is 0 Å².